The molecule has 1 saturated carbocycles. The van der Waals surface area contributed by atoms with Crippen LogP contribution in [-0.4, -0.2) is 11.7 Å². The van der Waals surface area contributed by atoms with Gasteiger partial charge < -0.3 is 10.3 Å². The second-order valence-corrected chi connectivity index (χ2v) is 4.88. The first-order valence-corrected chi connectivity index (χ1v) is 5.13. The van der Waals surface area contributed by atoms with E-state index in [9.17, 15) is 0 Å². The van der Waals surface area contributed by atoms with Gasteiger partial charge in [0.15, 0.2) is 0 Å². The molecule has 14 heavy (non-hydrogen) atoms. The Morgan fingerprint density at radius 1 is 1.43 bits per heavy atom. The predicted molar refractivity (Wildman–Crippen MR) is 55.0 cm³/mol. The predicted octanol–water partition coefficient (Wildman–Crippen LogP) is 1.99. The summed E-state index contributed by atoms with van der Waals surface area (Å²) in [6.45, 7) is 9.27. The first-order chi connectivity index (χ1) is 6.50. The maximum absolute atomic E-state index is 5.76. The van der Waals surface area contributed by atoms with Crippen molar-refractivity contribution in [2.45, 2.75) is 33.6 Å². The Morgan fingerprint density at radius 3 is 2.43 bits per heavy atom. The van der Waals surface area contributed by atoms with E-state index in [4.69, 9.17) is 10.3 Å². The molecular formula is C11H18N2O. The van der Waals surface area contributed by atoms with Crippen LogP contribution in [0.25, 0.3) is 0 Å². The number of aryl methyl sites for hydroxylation is 2. The van der Waals surface area contributed by atoms with Crippen molar-refractivity contribution in [1.82, 2.24) is 5.16 Å². The van der Waals surface area contributed by atoms with E-state index in [-0.39, 0.29) is 0 Å². The highest BCUT2D eigenvalue weighted by atomic mass is 16.5. The minimum absolute atomic E-state index is 0.315. The highest BCUT2D eigenvalue weighted by Gasteiger charge is 2.58. The molecule has 0 unspecified atom stereocenters. The van der Waals surface area contributed by atoms with Gasteiger partial charge in [0, 0.05) is 5.56 Å². The molecule has 0 aliphatic heterocycles. The van der Waals surface area contributed by atoms with Gasteiger partial charge in [0.25, 0.3) is 0 Å². The summed E-state index contributed by atoms with van der Waals surface area (Å²) < 4.78 is 5.19. The van der Waals surface area contributed by atoms with Crippen LogP contribution in [0, 0.1) is 25.2 Å². The third-order valence-corrected chi connectivity index (χ3v) is 3.70. The molecule has 0 amide bonds. The molecule has 1 heterocycles. The van der Waals surface area contributed by atoms with Gasteiger partial charge in [-0.1, -0.05) is 19.0 Å². The molecule has 3 nitrogen and oxygen atoms in total. The fourth-order valence-corrected chi connectivity index (χ4v) is 2.69. The van der Waals surface area contributed by atoms with E-state index in [0.29, 0.717) is 17.3 Å². The summed E-state index contributed by atoms with van der Waals surface area (Å²) in [5.74, 6) is 2.08. The van der Waals surface area contributed by atoms with E-state index < -0.39 is 0 Å². The molecule has 3 heteroatoms. The van der Waals surface area contributed by atoms with Crippen molar-refractivity contribution in [3.05, 3.63) is 17.0 Å². The highest BCUT2D eigenvalue weighted by molar-refractivity contribution is 5.36. The van der Waals surface area contributed by atoms with Crippen molar-refractivity contribution in [2.24, 2.45) is 17.1 Å². The van der Waals surface area contributed by atoms with Crippen LogP contribution in [0.4, 0.5) is 0 Å². The van der Waals surface area contributed by atoms with Gasteiger partial charge in [0.05, 0.1) is 5.69 Å². The van der Waals surface area contributed by atoms with Gasteiger partial charge in [-0.3, -0.25) is 0 Å². The van der Waals surface area contributed by atoms with E-state index in [2.05, 4.69) is 19.0 Å². The average molecular weight is 194 g/mol. The molecule has 1 aliphatic rings. The van der Waals surface area contributed by atoms with Crippen molar-refractivity contribution in [2.75, 3.05) is 6.54 Å². The lowest BCUT2D eigenvalue weighted by Gasteiger charge is -2.01. The number of rotatable bonds is 2. The molecule has 0 spiro atoms. The summed E-state index contributed by atoms with van der Waals surface area (Å²) >= 11 is 0. The molecule has 2 N–H and O–H groups in total. The van der Waals surface area contributed by atoms with Gasteiger partial charge in [-0.25, -0.2) is 0 Å². The lowest BCUT2D eigenvalue weighted by molar-refractivity contribution is 0.392. The summed E-state index contributed by atoms with van der Waals surface area (Å²) in [6.07, 6.45) is 0. The fraction of sp³-hybridized carbons (Fsp3) is 0.727. The summed E-state index contributed by atoms with van der Waals surface area (Å²) in [5.41, 5.74) is 8.38. The molecule has 0 saturated heterocycles. The zero-order valence-electron chi connectivity index (χ0n) is 9.29. The molecule has 0 radical (unpaired) electrons. The number of aromatic nitrogens is 1. The van der Waals surface area contributed by atoms with Gasteiger partial charge in [0.1, 0.15) is 5.76 Å². The Balaban J connectivity index is 2.35. The van der Waals surface area contributed by atoms with Crippen LogP contribution in [-0.2, 0) is 0 Å². The molecular weight excluding hydrogens is 176 g/mol. The Morgan fingerprint density at radius 2 is 2.07 bits per heavy atom. The zero-order chi connectivity index (χ0) is 10.5. The van der Waals surface area contributed by atoms with Crippen LogP contribution >= 0.6 is 0 Å². The van der Waals surface area contributed by atoms with Crippen molar-refractivity contribution in [1.29, 1.82) is 0 Å². The van der Waals surface area contributed by atoms with Crippen LogP contribution in [0.2, 0.25) is 0 Å². The average Bonchev–Trinajstić information content (AvgIpc) is 2.48. The Labute approximate surface area is 84.7 Å². The van der Waals surface area contributed by atoms with E-state index in [1.54, 1.807) is 0 Å². The lowest BCUT2D eigenvalue weighted by Crippen LogP contribution is -2.05. The maximum Gasteiger partial charge on any atom is 0.137 e. The summed E-state index contributed by atoms with van der Waals surface area (Å²) in [6, 6.07) is 0. The lowest BCUT2D eigenvalue weighted by atomic mass is 10.0. The maximum atomic E-state index is 5.76. The topological polar surface area (TPSA) is 52.0 Å². The van der Waals surface area contributed by atoms with Crippen LogP contribution in [0.5, 0.6) is 0 Å². The van der Waals surface area contributed by atoms with Crippen LogP contribution < -0.4 is 5.73 Å². The first-order valence-electron chi connectivity index (χ1n) is 5.13. The Bertz CT molecular complexity index is 335. The van der Waals surface area contributed by atoms with Crippen LogP contribution in [0.3, 0.4) is 0 Å². The monoisotopic (exact) mass is 194 g/mol. The van der Waals surface area contributed by atoms with Crippen molar-refractivity contribution < 1.29 is 4.52 Å². The molecule has 2 rings (SSSR count). The van der Waals surface area contributed by atoms with E-state index in [1.807, 2.05) is 13.8 Å². The quantitative estimate of drug-likeness (QED) is 0.783. The van der Waals surface area contributed by atoms with E-state index >= 15 is 0 Å². The molecule has 0 aromatic carbocycles. The fourth-order valence-electron chi connectivity index (χ4n) is 2.69. The zero-order valence-corrected chi connectivity index (χ0v) is 9.29. The molecule has 1 aromatic rings. The first kappa shape index (κ1) is 9.71. The van der Waals surface area contributed by atoms with Crippen molar-refractivity contribution in [3.63, 3.8) is 0 Å². The Hall–Kier alpha value is -0.830. The molecule has 78 valence electrons. The smallest absolute Gasteiger partial charge is 0.137 e. The summed E-state index contributed by atoms with van der Waals surface area (Å²) in [5, 5.41) is 4.00. The van der Waals surface area contributed by atoms with Gasteiger partial charge in [-0.05, 0) is 37.6 Å². The minimum atomic E-state index is 0.315. The largest absolute Gasteiger partial charge is 0.361 e. The number of hydrogen-bond donors (Lipinski definition) is 1. The van der Waals surface area contributed by atoms with Crippen LogP contribution in [0.15, 0.2) is 4.52 Å². The molecule has 1 aliphatic carbocycles. The standard InChI is InChI=1S/C11H18N2O/c1-6-9(7(2)14-13-6)10-8(5-12)11(10,3)4/h8,10H,5,12H2,1-4H3/t8-,10+/m0/s1. The summed E-state index contributed by atoms with van der Waals surface area (Å²) in [7, 11) is 0. The molecule has 2 atom stereocenters. The number of nitrogens with two attached hydrogens (primary N) is 1. The van der Waals surface area contributed by atoms with Crippen LogP contribution in [0.1, 0.15) is 36.8 Å². The second-order valence-electron chi connectivity index (χ2n) is 4.88. The molecule has 0 bridgehead atoms. The van der Waals surface area contributed by atoms with Gasteiger partial charge in [-0.2, -0.15) is 0 Å². The number of hydrogen-bond acceptors (Lipinski definition) is 3. The highest BCUT2D eigenvalue weighted by Crippen LogP contribution is 2.64. The third-order valence-electron chi connectivity index (χ3n) is 3.70. The van der Waals surface area contributed by atoms with E-state index in [0.717, 1.165) is 18.0 Å². The minimum Gasteiger partial charge on any atom is -0.361 e. The SMILES string of the molecule is Cc1noc(C)c1[C@H]1[C@H](CN)C1(C)C. The molecule has 1 aromatic heterocycles. The van der Waals surface area contributed by atoms with E-state index in [1.165, 1.54) is 5.56 Å². The molecule has 1 fully saturated rings. The van der Waals surface area contributed by atoms with Gasteiger partial charge in [-0.15, -0.1) is 0 Å². The normalized spacial score (nSPS) is 29.2. The van der Waals surface area contributed by atoms with Crippen molar-refractivity contribution >= 4 is 0 Å². The summed E-state index contributed by atoms with van der Waals surface area (Å²) in [4.78, 5) is 0. The second kappa shape index (κ2) is 2.83. The number of nitrogens with zero attached hydrogens (tertiary/aromatic N) is 1. The Kier molecular flexibility index (Phi) is 1.96. The third kappa shape index (κ3) is 1.12. The van der Waals surface area contributed by atoms with Gasteiger partial charge >= 0.3 is 0 Å². The van der Waals surface area contributed by atoms with Gasteiger partial charge in [0.2, 0.25) is 0 Å². The van der Waals surface area contributed by atoms with Crippen molar-refractivity contribution in [3.8, 4) is 0 Å².